The average Bonchev–Trinajstić information content (AvgIpc) is 2.29. The van der Waals surface area contributed by atoms with Crippen molar-refractivity contribution >= 4 is 22.7 Å². The predicted molar refractivity (Wildman–Crippen MR) is 57.1 cm³/mol. The van der Waals surface area contributed by atoms with Crippen molar-refractivity contribution < 1.29 is 46.8 Å². The molecule has 0 unspecified atom stereocenters. The molecule has 0 bridgehead atoms. The molecule has 10 nitrogen and oxygen atoms in total. The first-order valence-electron chi connectivity index (χ1n) is 4.87. The maximum Gasteiger partial charge on any atom is 0.397 e. The molecule has 0 heterocycles. The highest BCUT2D eigenvalue weighted by Gasteiger charge is 2.38. The number of hydrogen-bond acceptors (Lipinski definition) is 9. The van der Waals surface area contributed by atoms with E-state index in [0.29, 0.717) is 0 Å². The van der Waals surface area contributed by atoms with Crippen LogP contribution in [0.2, 0.25) is 0 Å². The van der Waals surface area contributed by atoms with Crippen LogP contribution < -0.4 is 0 Å². The quantitative estimate of drug-likeness (QED) is 0.206. The van der Waals surface area contributed by atoms with Gasteiger partial charge in [-0.05, 0) is 0 Å². The largest absolute Gasteiger partial charge is 0.452 e. The molecule has 112 valence electrons. The fraction of sp³-hybridized carbons (Fsp3) is 0.750. The van der Waals surface area contributed by atoms with Crippen molar-refractivity contribution in [1.29, 1.82) is 0 Å². The summed E-state index contributed by atoms with van der Waals surface area (Å²) in [6.45, 7) is -0.118. The molecular weight excluding hydrogens is 288 g/mol. The Morgan fingerprint density at radius 2 is 1.89 bits per heavy atom. The fourth-order valence-electron chi connectivity index (χ4n) is 1.15. The predicted octanol–water partition coefficient (Wildman–Crippen LogP) is -2.98. The Kier molecular flexibility index (Phi) is 7.04. The molecule has 11 heteroatoms. The number of aldehydes is 1. The van der Waals surface area contributed by atoms with E-state index in [1.807, 2.05) is 0 Å². The maximum absolute atomic E-state index is 10.7. The zero-order valence-corrected chi connectivity index (χ0v) is 10.6. The summed E-state index contributed by atoms with van der Waals surface area (Å²) in [4.78, 5) is 21.3. The summed E-state index contributed by atoms with van der Waals surface area (Å²) in [5, 5.41) is 27.5. The zero-order valence-electron chi connectivity index (χ0n) is 9.74. The minimum atomic E-state index is -5.08. The minimum absolute atomic E-state index is 0.0312. The van der Waals surface area contributed by atoms with Crippen molar-refractivity contribution in [2.75, 3.05) is 6.61 Å². The number of carbonyl (C=O) groups is 2. The van der Waals surface area contributed by atoms with Gasteiger partial charge in [-0.1, -0.05) is 0 Å². The third kappa shape index (κ3) is 6.56. The highest BCUT2D eigenvalue weighted by atomic mass is 32.3. The van der Waals surface area contributed by atoms with Crippen molar-refractivity contribution in [3.63, 3.8) is 0 Å². The molecule has 0 saturated carbocycles. The fourth-order valence-corrected chi connectivity index (χ4v) is 1.67. The molecular formula is C8H14O10S. The van der Waals surface area contributed by atoms with Gasteiger partial charge in [0.05, 0.1) is 6.61 Å². The van der Waals surface area contributed by atoms with Crippen LogP contribution in [0.3, 0.4) is 0 Å². The van der Waals surface area contributed by atoms with Crippen LogP contribution in [0.25, 0.3) is 0 Å². The summed E-state index contributed by atoms with van der Waals surface area (Å²) in [7, 11) is -5.08. The second-order valence-electron chi connectivity index (χ2n) is 3.44. The van der Waals surface area contributed by atoms with E-state index in [9.17, 15) is 28.2 Å². The van der Waals surface area contributed by atoms with E-state index >= 15 is 0 Å². The van der Waals surface area contributed by atoms with E-state index in [1.54, 1.807) is 0 Å². The van der Waals surface area contributed by atoms with Gasteiger partial charge in [-0.15, -0.1) is 0 Å². The summed E-state index contributed by atoms with van der Waals surface area (Å²) in [5.74, 6) is -0.958. The van der Waals surface area contributed by atoms with Crippen molar-refractivity contribution in [3.8, 4) is 0 Å². The van der Waals surface area contributed by atoms with Gasteiger partial charge in [0.2, 0.25) is 0 Å². The number of rotatable bonds is 8. The Morgan fingerprint density at radius 1 is 1.37 bits per heavy atom. The van der Waals surface area contributed by atoms with Crippen LogP contribution in [-0.2, 0) is 28.9 Å². The summed E-state index contributed by atoms with van der Waals surface area (Å²) in [6, 6.07) is 0. The standard InChI is InChI=1S/C8H14O10S/c1-4(11)17-6(3-10)7(13)8(5(12)2-9)18-19(14,15)16/h3,5-9,12-13H,2H2,1H3,(H,14,15,16)/t5-,6+,7-,8+/m1/s1. The Hall–Kier alpha value is -1.11. The van der Waals surface area contributed by atoms with Gasteiger partial charge in [0.1, 0.15) is 18.3 Å². The third-order valence-corrected chi connectivity index (χ3v) is 2.37. The molecule has 0 aromatic heterocycles. The van der Waals surface area contributed by atoms with E-state index in [1.165, 1.54) is 0 Å². The Morgan fingerprint density at radius 3 is 2.21 bits per heavy atom. The molecule has 0 spiro atoms. The molecule has 0 aliphatic carbocycles. The molecule has 0 aliphatic rings. The number of hydrogen-bond donors (Lipinski definition) is 4. The number of aliphatic hydroxyl groups excluding tert-OH is 3. The number of ether oxygens (including phenoxy) is 1. The van der Waals surface area contributed by atoms with Gasteiger partial charge in [-0.25, -0.2) is 4.18 Å². The molecule has 0 fully saturated rings. The summed E-state index contributed by atoms with van der Waals surface area (Å²) in [6.07, 6.45) is -8.04. The van der Waals surface area contributed by atoms with Crippen LogP contribution in [0.4, 0.5) is 0 Å². The van der Waals surface area contributed by atoms with Gasteiger partial charge in [-0.3, -0.25) is 14.1 Å². The molecule has 0 rings (SSSR count). The molecule has 4 N–H and O–H groups in total. The lowest BCUT2D eigenvalue weighted by molar-refractivity contribution is -0.164. The summed E-state index contributed by atoms with van der Waals surface area (Å²) >= 11 is 0. The van der Waals surface area contributed by atoms with E-state index in [0.717, 1.165) is 6.92 Å². The van der Waals surface area contributed by atoms with Crippen LogP contribution in [0.15, 0.2) is 0 Å². The van der Waals surface area contributed by atoms with E-state index < -0.39 is 47.4 Å². The number of esters is 1. The summed E-state index contributed by atoms with van der Waals surface area (Å²) in [5.41, 5.74) is 0. The third-order valence-electron chi connectivity index (χ3n) is 1.91. The molecule has 0 radical (unpaired) electrons. The second-order valence-corrected chi connectivity index (χ2v) is 4.49. The highest BCUT2D eigenvalue weighted by molar-refractivity contribution is 7.80. The van der Waals surface area contributed by atoms with Gasteiger partial charge in [0, 0.05) is 6.92 Å². The van der Waals surface area contributed by atoms with Crippen LogP contribution in [0, 0.1) is 0 Å². The number of aliphatic hydroxyl groups is 3. The van der Waals surface area contributed by atoms with Crippen molar-refractivity contribution in [3.05, 3.63) is 0 Å². The Bertz CT molecular complexity index is 404. The molecule has 0 saturated heterocycles. The van der Waals surface area contributed by atoms with Crippen molar-refractivity contribution in [2.45, 2.75) is 31.3 Å². The monoisotopic (exact) mass is 302 g/mol. The highest BCUT2D eigenvalue weighted by Crippen LogP contribution is 2.13. The Labute approximate surface area is 108 Å². The van der Waals surface area contributed by atoms with Gasteiger partial charge in [-0.2, -0.15) is 8.42 Å². The van der Waals surface area contributed by atoms with Crippen LogP contribution in [0.1, 0.15) is 6.92 Å². The second kappa shape index (κ2) is 7.47. The molecule has 0 aromatic rings. The lowest BCUT2D eigenvalue weighted by atomic mass is 10.0. The lowest BCUT2D eigenvalue weighted by Crippen LogP contribution is -2.50. The van der Waals surface area contributed by atoms with Crippen LogP contribution in [0.5, 0.6) is 0 Å². The molecule has 0 aromatic carbocycles. The van der Waals surface area contributed by atoms with Crippen LogP contribution in [-0.4, -0.2) is 71.6 Å². The van der Waals surface area contributed by atoms with Crippen LogP contribution >= 0.6 is 0 Å². The van der Waals surface area contributed by atoms with Gasteiger partial charge in [0.15, 0.2) is 12.4 Å². The molecule has 19 heavy (non-hydrogen) atoms. The van der Waals surface area contributed by atoms with E-state index in [4.69, 9.17) is 9.66 Å². The van der Waals surface area contributed by atoms with Crippen molar-refractivity contribution in [1.82, 2.24) is 0 Å². The maximum atomic E-state index is 10.7. The number of carbonyl (C=O) groups excluding carboxylic acids is 2. The van der Waals surface area contributed by atoms with E-state index in [-0.39, 0.29) is 6.29 Å². The first kappa shape index (κ1) is 17.9. The van der Waals surface area contributed by atoms with Gasteiger partial charge >= 0.3 is 16.4 Å². The van der Waals surface area contributed by atoms with Gasteiger partial charge in [0.25, 0.3) is 0 Å². The molecule has 4 atom stereocenters. The first-order chi connectivity index (χ1) is 8.62. The average molecular weight is 302 g/mol. The SMILES string of the molecule is CC(=O)O[C@@H](C=O)[C@@H](O)[C@@H](OS(=O)(=O)O)[C@H](O)CO. The smallest absolute Gasteiger partial charge is 0.397 e. The normalized spacial score (nSPS) is 18.2. The van der Waals surface area contributed by atoms with E-state index in [2.05, 4.69) is 8.92 Å². The van der Waals surface area contributed by atoms with Gasteiger partial charge < -0.3 is 20.1 Å². The molecule has 0 amide bonds. The van der Waals surface area contributed by atoms with Crippen molar-refractivity contribution in [2.24, 2.45) is 0 Å². The topological polar surface area (TPSA) is 168 Å². The minimum Gasteiger partial charge on any atom is -0.452 e. The first-order valence-corrected chi connectivity index (χ1v) is 6.24. The molecule has 0 aliphatic heterocycles. The Balaban J connectivity index is 5.11. The summed E-state index contributed by atoms with van der Waals surface area (Å²) < 4.78 is 37.8. The zero-order chi connectivity index (χ0) is 15.2. The lowest BCUT2D eigenvalue weighted by Gasteiger charge is -2.27.